The lowest BCUT2D eigenvalue weighted by Crippen LogP contribution is -2.35. The van der Waals surface area contributed by atoms with Crippen LogP contribution in [0.25, 0.3) is 11.3 Å². The van der Waals surface area contributed by atoms with Crippen molar-refractivity contribution < 1.29 is 32.2 Å². The number of aromatic nitrogens is 2. The zero-order chi connectivity index (χ0) is 27.7. The van der Waals surface area contributed by atoms with Gasteiger partial charge in [0.2, 0.25) is 0 Å². The summed E-state index contributed by atoms with van der Waals surface area (Å²) in [6.45, 7) is 6.65. The molecule has 1 aromatic heterocycles. The van der Waals surface area contributed by atoms with Crippen molar-refractivity contribution in [2.45, 2.75) is 51.9 Å². The van der Waals surface area contributed by atoms with Gasteiger partial charge in [0.1, 0.15) is 17.0 Å². The van der Waals surface area contributed by atoms with Gasteiger partial charge < -0.3 is 15.2 Å². The van der Waals surface area contributed by atoms with Crippen molar-refractivity contribution in [3.8, 4) is 17.0 Å². The number of aliphatic hydroxyl groups is 1. The minimum atomic E-state index is -5.05. The Balaban J connectivity index is 2.22. The second-order valence-corrected chi connectivity index (χ2v) is 9.41. The molecule has 0 aliphatic heterocycles. The first kappa shape index (κ1) is 27.9. The predicted molar refractivity (Wildman–Crippen MR) is 130 cm³/mol. The Morgan fingerprint density at radius 1 is 1.16 bits per heavy atom. The quantitative estimate of drug-likeness (QED) is 0.416. The minimum absolute atomic E-state index is 0.00258. The van der Waals surface area contributed by atoms with Crippen molar-refractivity contribution in [2.75, 3.05) is 12.4 Å². The van der Waals surface area contributed by atoms with Crippen LogP contribution >= 0.6 is 0 Å². The van der Waals surface area contributed by atoms with Crippen LogP contribution in [0.4, 0.5) is 23.2 Å². The largest absolute Gasteiger partial charge is 0.496 e. The van der Waals surface area contributed by atoms with E-state index in [2.05, 4.69) is 10.4 Å². The van der Waals surface area contributed by atoms with E-state index in [1.807, 2.05) is 19.9 Å². The first-order chi connectivity index (χ1) is 17.1. The van der Waals surface area contributed by atoms with E-state index < -0.39 is 45.9 Å². The van der Waals surface area contributed by atoms with E-state index in [0.29, 0.717) is 11.6 Å². The summed E-state index contributed by atoms with van der Waals surface area (Å²) < 4.78 is 60.8. The van der Waals surface area contributed by atoms with Gasteiger partial charge in [0, 0.05) is 11.6 Å². The molecule has 3 rings (SSSR count). The lowest BCUT2D eigenvalue weighted by atomic mass is 9.94. The van der Waals surface area contributed by atoms with Gasteiger partial charge in [0.05, 0.1) is 30.5 Å². The maximum Gasteiger partial charge on any atom is 0.419 e. The summed E-state index contributed by atoms with van der Waals surface area (Å²) in [7, 11) is 1.09. The van der Waals surface area contributed by atoms with Gasteiger partial charge in [0.25, 0.3) is 11.5 Å². The number of alkyl halides is 3. The maximum atomic E-state index is 14.9. The number of anilines is 1. The number of ether oxygens (including phenoxy) is 1. The number of amides is 1. The Bertz CT molecular complexity index is 1380. The van der Waals surface area contributed by atoms with Gasteiger partial charge >= 0.3 is 6.18 Å². The van der Waals surface area contributed by atoms with Gasteiger partial charge in [-0.2, -0.15) is 18.3 Å². The summed E-state index contributed by atoms with van der Waals surface area (Å²) in [6.07, 6.45) is -5.05. The Hall–Kier alpha value is -3.73. The molecule has 7 nitrogen and oxygen atoms in total. The molecular formula is C26H27F4N3O4. The van der Waals surface area contributed by atoms with Crippen molar-refractivity contribution in [2.24, 2.45) is 0 Å². The Labute approximate surface area is 210 Å². The average Bonchev–Trinajstić information content (AvgIpc) is 2.78. The molecular weight excluding hydrogens is 494 g/mol. The first-order valence-corrected chi connectivity index (χ1v) is 11.3. The number of nitrogens with zero attached hydrogens (tertiary/aromatic N) is 2. The van der Waals surface area contributed by atoms with Crippen LogP contribution in [0.1, 0.15) is 55.1 Å². The smallest absolute Gasteiger partial charge is 0.419 e. The molecule has 0 radical (unpaired) electrons. The molecule has 1 heterocycles. The van der Waals surface area contributed by atoms with Gasteiger partial charge in [-0.05, 0) is 37.5 Å². The molecule has 0 spiro atoms. The fraction of sp³-hybridized carbons (Fsp3) is 0.346. The number of carbonyl (C=O) groups is 1. The molecule has 2 aromatic carbocycles. The minimum Gasteiger partial charge on any atom is -0.496 e. The van der Waals surface area contributed by atoms with Crippen LogP contribution in [0.2, 0.25) is 0 Å². The number of halogens is 4. The number of carbonyl (C=O) groups excluding carboxylic acids is 1. The number of hydrogen-bond acceptors (Lipinski definition) is 5. The molecule has 3 aromatic rings. The third-order valence-electron chi connectivity index (χ3n) is 5.48. The molecule has 0 aliphatic carbocycles. The lowest BCUT2D eigenvalue weighted by molar-refractivity contribution is -0.140. The molecule has 1 amide bonds. The number of nitrogens with one attached hydrogen (secondary N) is 1. The molecule has 0 fully saturated rings. The van der Waals surface area contributed by atoms with Gasteiger partial charge in [-0.3, -0.25) is 9.59 Å². The van der Waals surface area contributed by atoms with Gasteiger partial charge in [-0.25, -0.2) is 9.07 Å². The van der Waals surface area contributed by atoms with Crippen molar-refractivity contribution in [3.63, 3.8) is 0 Å². The number of rotatable bonds is 7. The van der Waals surface area contributed by atoms with Crippen molar-refractivity contribution in [1.82, 2.24) is 9.78 Å². The maximum absolute atomic E-state index is 14.9. The molecule has 0 bridgehead atoms. The summed E-state index contributed by atoms with van der Waals surface area (Å²) in [5.74, 6) is -3.49. The van der Waals surface area contributed by atoms with E-state index in [1.54, 1.807) is 18.2 Å². The van der Waals surface area contributed by atoms with Crippen LogP contribution in [0.5, 0.6) is 5.75 Å². The van der Waals surface area contributed by atoms with E-state index in [4.69, 9.17) is 4.74 Å². The molecule has 198 valence electrons. The molecule has 0 saturated carbocycles. The van der Waals surface area contributed by atoms with Crippen LogP contribution in [0.15, 0.2) is 47.3 Å². The van der Waals surface area contributed by atoms with E-state index in [1.165, 1.54) is 13.8 Å². The molecule has 0 atom stereocenters. The van der Waals surface area contributed by atoms with Crippen molar-refractivity contribution in [3.05, 3.63) is 75.3 Å². The first-order valence-electron chi connectivity index (χ1n) is 11.3. The van der Waals surface area contributed by atoms with Crippen LogP contribution in [0, 0.1) is 5.82 Å². The Morgan fingerprint density at radius 2 is 1.81 bits per heavy atom. The lowest BCUT2D eigenvalue weighted by Gasteiger charge is -2.21. The molecule has 2 N–H and O–H groups in total. The van der Waals surface area contributed by atoms with Crippen LogP contribution < -0.4 is 15.6 Å². The summed E-state index contributed by atoms with van der Waals surface area (Å²) in [5.41, 5.74) is -3.29. The summed E-state index contributed by atoms with van der Waals surface area (Å²) in [4.78, 5) is 26.0. The van der Waals surface area contributed by atoms with Gasteiger partial charge in [-0.1, -0.05) is 38.1 Å². The fourth-order valence-corrected chi connectivity index (χ4v) is 3.82. The summed E-state index contributed by atoms with van der Waals surface area (Å²) in [5, 5.41) is 16.9. The average molecular weight is 522 g/mol. The third-order valence-corrected chi connectivity index (χ3v) is 5.48. The third kappa shape index (κ3) is 6.16. The van der Waals surface area contributed by atoms with E-state index in [-0.39, 0.29) is 23.8 Å². The normalized spacial score (nSPS) is 12.1. The predicted octanol–water partition coefficient (Wildman–Crippen LogP) is 5.22. The van der Waals surface area contributed by atoms with Crippen molar-refractivity contribution in [1.29, 1.82) is 0 Å². The molecule has 11 heteroatoms. The Morgan fingerprint density at radius 3 is 2.38 bits per heavy atom. The zero-order valence-corrected chi connectivity index (χ0v) is 20.9. The standard InChI is InChI=1S/C26H27F4N3O4/c1-14(2)15-8-6-7-9-16(15)23-18(12-20(34)33(32-23)13-25(3,4)36)31-24(35)21-19(37-5)11-10-17(22(21)27)26(28,29)30/h6-12,14,36H,13H2,1-5H3,(H,31,35). The van der Waals surface area contributed by atoms with Gasteiger partial charge in [-0.15, -0.1) is 0 Å². The van der Waals surface area contributed by atoms with Crippen LogP contribution in [-0.4, -0.2) is 33.5 Å². The molecule has 0 unspecified atom stereocenters. The van der Waals surface area contributed by atoms with Crippen LogP contribution in [-0.2, 0) is 12.7 Å². The summed E-state index contributed by atoms with van der Waals surface area (Å²) >= 11 is 0. The van der Waals surface area contributed by atoms with Gasteiger partial charge in [0.15, 0.2) is 5.82 Å². The summed E-state index contributed by atoms with van der Waals surface area (Å²) in [6, 6.07) is 9.40. The monoisotopic (exact) mass is 521 g/mol. The zero-order valence-electron chi connectivity index (χ0n) is 20.9. The van der Waals surface area contributed by atoms with E-state index in [0.717, 1.165) is 29.5 Å². The number of hydrogen-bond donors (Lipinski definition) is 2. The highest BCUT2D eigenvalue weighted by Crippen LogP contribution is 2.37. The molecule has 0 aliphatic rings. The highest BCUT2D eigenvalue weighted by molar-refractivity contribution is 6.08. The van der Waals surface area contributed by atoms with Crippen LogP contribution in [0.3, 0.4) is 0 Å². The highest BCUT2D eigenvalue weighted by atomic mass is 19.4. The highest BCUT2D eigenvalue weighted by Gasteiger charge is 2.37. The van der Waals surface area contributed by atoms with Crippen molar-refractivity contribution >= 4 is 11.6 Å². The fourth-order valence-electron chi connectivity index (χ4n) is 3.82. The second-order valence-electron chi connectivity index (χ2n) is 9.41. The Kier molecular flexibility index (Phi) is 7.78. The number of benzene rings is 2. The number of methoxy groups -OCH3 is 1. The van der Waals surface area contributed by atoms with E-state index in [9.17, 15) is 32.3 Å². The second kappa shape index (κ2) is 10.3. The topological polar surface area (TPSA) is 93.5 Å². The van der Waals surface area contributed by atoms with E-state index >= 15 is 0 Å². The molecule has 37 heavy (non-hydrogen) atoms. The SMILES string of the molecule is COc1ccc(C(F)(F)F)c(F)c1C(=O)Nc1cc(=O)n(CC(C)(C)O)nc1-c1ccccc1C(C)C. The molecule has 0 saturated heterocycles.